The molecular formula is C17H26N2O2. The summed E-state index contributed by atoms with van der Waals surface area (Å²) in [4.78, 5) is 14.2. The Kier molecular flexibility index (Phi) is 5.23. The van der Waals surface area contributed by atoms with Crippen molar-refractivity contribution >= 4 is 6.03 Å². The largest absolute Gasteiger partial charge is 0.396 e. The Hall–Kier alpha value is -1.55. The van der Waals surface area contributed by atoms with Crippen LogP contribution in [-0.2, 0) is 0 Å². The molecule has 1 aliphatic heterocycles. The maximum absolute atomic E-state index is 12.3. The van der Waals surface area contributed by atoms with Gasteiger partial charge in [0.25, 0.3) is 0 Å². The molecule has 0 spiro atoms. The highest BCUT2D eigenvalue weighted by Crippen LogP contribution is 2.34. The lowest BCUT2D eigenvalue weighted by atomic mass is 9.77. The maximum atomic E-state index is 12.3. The van der Waals surface area contributed by atoms with E-state index in [4.69, 9.17) is 0 Å². The number of hydrogen-bond acceptors (Lipinski definition) is 2. The standard InChI is InChI=1S/C17H26N2O2/c1-3-17(13-20)9-11-19(12-10-17)16(21)18-14(2)15-7-5-4-6-8-15/h4-8,14,20H,3,9-13H2,1-2H3,(H,18,21). The summed E-state index contributed by atoms with van der Waals surface area (Å²) in [5, 5.41) is 12.6. The second kappa shape index (κ2) is 6.94. The molecule has 1 fully saturated rings. The zero-order chi connectivity index (χ0) is 15.3. The summed E-state index contributed by atoms with van der Waals surface area (Å²) in [7, 11) is 0. The Morgan fingerprint density at radius 1 is 1.33 bits per heavy atom. The second-order valence-corrected chi connectivity index (χ2v) is 6.08. The van der Waals surface area contributed by atoms with Gasteiger partial charge in [0.2, 0.25) is 0 Å². The molecule has 1 atom stereocenters. The summed E-state index contributed by atoms with van der Waals surface area (Å²) in [5.41, 5.74) is 1.13. The quantitative estimate of drug-likeness (QED) is 0.896. The number of amides is 2. The number of rotatable bonds is 4. The molecule has 21 heavy (non-hydrogen) atoms. The molecule has 1 saturated heterocycles. The van der Waals surface area contributed by atoms with E-state index >= 15 is 0 Å². The Bertz CT molecular complexity index is 447. The molecule has 0 saturated carbocycles. The van der Waals surface area contributed by atoms with Crippen LogP contribution >= 0.6 is 0 Å². The van der Waals surface area contributed by atoms with E-state index in [9.17, 15) is 9.90 Å². The van der Waals surface area contributed by atoms with Crippen LogP contribution < -0.4 is 5.32 Å². The van der Waals surface area contributed by atoms with Crippen molar-refractivity contribution in [3.63, 3.8) is 0 Å². The van der Waals surface area contributed by atoms with Crippen molar-refractivity contribution in [3.05, 3.63) is 35.9 Å². The van der Waals surface area contributed by atoms with Crippen LogP contribution in [0, 0.1) is 5.41 Å². The normalized spacial score (nSPS) is 19.1. The molecule has 1 aliphatic rings. The summed E-state index contributed by atoms with van der Waals surface area (Å²) in [6.45, 7) is 5.79. The molecule has 1 aromatic rings. The monoisotopic (exact) mass is 290 g/mol. The average Bonchev–Trinajstić information content (AvgIpc) is 2.55. The minimum Gasteiger partial charge on any atom is -0.396 e. The second-order valence-electron chi connectivity index (χ2n) is 6.08. The van der Waals surface area contributed by atoms with Gasteiger partial charge < -0.3 is 15.3 Å². The van der Waals surface area contributed by atoms with E-state index in [1.54, 1.807) is 0 Å². The fraction of sp³-hybridized carbons (Fsp3) is 0.588. The van der Waals surface area contributed by atoms with E-state index in [-0.39, 0.29) is 24.1 Å². The maximum Gasteiger partial charge on any atom is 0.317 e. The highest BCUT2D eigenvalue weighted by molar-refractivity contribution is 5.74. The van der Waals surface area contributed by atoms with E-state index in [1.165, 1.54) is 0 Å². The summed E-state index contributed by atoms with van der Waals surface area (Å²) >= 11 is 0. The van der Waals surface area contributed by atoms with Gasteiger partial charge in [-0.1, -0.05) is 37.3 Å². The molecule has 0 aliphatic carbocycles. The number of nitrogens with one attached hydrogen (secondary N) is 1. The fourth-order valence-corrected chi connectivity index (χ4v) is 2.91. The van der Waals surface area contributed by atoms with E-state index in [2.05, 4.69) is 12.2 Å². The zero-order valence-corrected chi connectivity index (χ0v) is 13.0. The SMILES string of the molecule is CCC1(CO)CCN(C(=O)NC(C)c2ccccc2)CC1. The number of carbonyl (C=O) groups is 1. The Balaban J connectivity index is 1.88. The highest BCUT2D eigenvalue weighted by Gasteiger charge is 2.34. The highest BCUT2D eigenvalue weighted by atomic mass is 16.3. The number of aliphatic hydroxyl groups excluding tert-OH is 1. The lowest BCUT2D eigenvalue weighted by molar-refractivity contribution is 0.0516. The van der Waals surface area contributed by atoms with E-state index in [1.807, 2.05) is 42.2 Å². The van der Waals surface area contributed by atoms with Gasteiger partial charge in [0.1, 0.15) is 0 Å². The number of likely N-dealkylation sites (tertiary alicyclic amines) is 1. The number of piperidine rings is 1. The van der Waals surface area contributed by atoms with Crippen LogP contribution in [0.4, 0.5) is 4.79 Å². The van der Waals surface area contributed by atoms with Gasteiger partial charge in [0.15, 0.2) is 0 Å². The third-order valence-corrected chi connectivity index (χ3v) is 4.84. The molecule has 1 aromatic carbocycles. The third-order valence-electron chi connectivity index (χ3n) is 4.84. The van der Waals surface area contributed by atoms with Gasteiger partial charge in [-0.05, 0) is 37.2 Å². The first-order valence-corrected chi connectivity index (χ1v) is 7.81. The predicted molar refractivity (Wildman–Crippen MR) is 84.0 cm³/mol. The number of urea groups is 1. The van der Waals surface area contributed by atoms with Crippen molar-refractivity contribution in [1.29, 1.82) is 0 Å². The van der Waals surface area contributed by atoms with Crippen molar-refractivity contribution in [2.24, 2.45) is 5.41 Å². The Morgan fingerprint density at radius 2 is 1.95 bits per heavy atom. The van der Waals surface area contributed by atoms with Gasteiger partial charge in [0.05, 0.1) is 6.04 Å². The van der Waals surface area contributed by atoms with Gasteiger partial charge in [-0.2, -0.15) is 0 Å². The third kappa shape index (κ3) is 3.76. The summed E-state index contributed by atoms with van der Waals surface area (Å²) in [5.74, 6) is 0. The van der Waals surface area contributed by atoms with E-state index in [0.717, 1.165) is 37.9 Å². The lowest BCUT2D eigenvalue weighted by Crippen LogP contribution is -2.48. The summed E-state index contributed by atoms with van der Waals surface area (Å²) < 4.78 is 0. The first kappa shape index (κ1) is 15.8. The molecule has 4 nitrogen and oxygen atoms in total. The molecule has 2 N–H and O–H groups in total. The minimum atomic E-state index is -0.00556. The Morgan fingerprint density at radius 3 is 2.48 bits per heavy atom. The molecule has 1 unspecified atom stereocenters. The van der Waals surface area contributed by atoms with Crippen LogP contribution in [0.2, 0.25) is 0 Å². The number of benzene rings is 1. The van der Waals surface area contributed by atoms with Gasteiger partial charge >= 0.3 is 6.03 Å². The molecule has 116 valence electrons. The Labute approximate surface area is 127 Å². The molecule has 1 heterocycles. The predicted octanol–water partition coefficient (Wildman–Crippen LogP) is 2.94. The summed E-state index contributed by atoms with van der Waals surface area (Å²) in [6.07, 6.45) is 2.74. The van der Waals surface area contributed by atoms with Crippen LogP contribution in [-0.4, -0.2) is 35.7 Å². The average molecular weight is 290 g/mol. The minimum absolute atomic E-state index is 0.00556. The molecule has 2 rings (SSSR count). The molecule has 0 radical (unpaired) electrons. The fourth-order valence-electron chi connectivity index (χ4n) is 2.91. The number of carbonyl (C=O) groups excluding carboxylic acids is 1. The first-order valence-electron chi connectivity index (χ1n) is 7.81. The van der Waals surface area contributed by atoms with E-state index in [0.29, 0.717) is 0 Å². The van der Waals surface area contributed by atoms with Crippen molar-refractivity contribution in [3.8, 4) is 0 Å². The van der Waals surface area contributed by atoms with Crippen molar-refractivity contribution in [2.75, 3.05) is 19.7 Å². The van der Waals surface area contributed by atoms with E-state index < -0.39 is 0 Å². The van der Waals surface area contributed by atoms with Gasteiger partial charge in [-0.15, -0.1) is 0 Å². The van der Waals surface area contributed by atoms with Crippen molar-refractivity contribution in [1.82, 2.24) is 10.2 Å². The number of aliphatic hydroxyl groups is 1. The number of nitrogens with zero attached hydrogens (tertiary/aromatic N) is 1. The molecule has 2 amide bonds. The molecule has 0 bridgehead atoms. The molecule has 0 aromatic heterocycles. The van der Waals surface area contributed by atoms with Crippen LogP contribution in [0.15, 0.2) is 30.3 Å². The van der Waals surface area contributed by atoms with Crippen LogP contribution in [0.5, 0.6) is 0 Å². The molecular weight excluding hydrogens is 264 g/mol. The zero-order valence-electron chi connectivity index (χ0n) is 13.0. The van der Waals surface area contributed by atoms with Gasteiger partial charge in [-0.3, -0.25) is 0 Å². The number of hydrogen-bond donors (Lipinski definition) is 2. The van der Waals surface area contributed by atoms with Crippen molar-refractivity contribution < 1.29 is 9.90 Å². The smallest absolute Gasteiger partial charge is 0.317 e. The topological polar surface area (TPSA) is 52.6 Å². The molecule has 4 heteroatoms. The van der Waals surface area contributed by atoms with Crippen LogP contribution in [0.25, 0.3) is 0 Å². The summed E-state index contributed by atoms with van der Waals surface area (Å²) in [6, 6.07) is 9.99. The van der Waals surface area contributed by atoms with Gasteiger partial charge in [-0.25, -0.2) is 4.79 Å². The lowest BCUT2D eigenvalue weighted by Gasteiger charge is -2.40. The van der Waals surface area contributed by atoms with Gasteiger partial charge in [0, 0.05) is 19.7 Å². The van der Waals surface area contributed by atoms with Crippen molar-refractivity contribution in [2.45, 2.75) is 39.2 Å². The van der Waals surface area contributed by atoms with Crippen LogP contribution in [0.1, 0.15) is 44.7 Å². The first-order chi connectivity index (χ1) is 10.1. The van der Waals surface area contributed by atoms with Crippen LogP contribution in [0.3, 0.4) is 0 Å².